The predicted molar refractivity (Wildman–Crippen MR) is 169 cm³/mol. The Morgan fingerprint density at radius 1 is 1.18 bits per heavy atom. The second-order valence-corrected chi connectivity index (χ2v) is 12.1. The lowest BCUT2D eigenvalue weighted by atomic mass is 9.67. The number of aromatic nitrogens is 3. The minimum absolute atomic E-state index is 0.0891. The van der Waals surface area contributed by atoms with Crippen LogP contribution in [-0.2, 0) is 10.2 Å². The molecule has 13 heteroatoms. The lowest BCUT2D eigenvalue weighted by molar-refractivity contribution is -0.384. The van der Waals surface area contributed by atoms with Gasteiger partial charge in [0, 0.05) is 56.1 Å². The fourth-order valence-corrected chi connectivity index (χ4v) is 5.74. The van der Waals surface area contributed by atoms with E-state index in [9.17, 15) is 14.9 Å². The summed E-state index contributed by atoms with van der Waals surface area (Å²) in [6.45, 7) is 7.48. The number of methoxy groups -OCH3 is 1. The number of benzene rings is 1. The van der Waals surface area contributed by atoms with Gasteiger partial charge in [0.25, 0.3) is 5.69 Å². The maximum atomic E-state index is 13.3. The Hall–Kier alpha value is -4.52. The van der Waals surface area contributed by atoms with Crippen LogP contribution in [0.2, 0.25) is 0 Å². The second-order valence-electron chi connectivity index (χ2n) is 12.1. The van der Waals surface area contributed by atoms with Crippen molar-refractivity contribution < 1.29 is 19.2 Å². The van der Waals surface area contributed by atoms with E-state index in [-0.39, 0.29) is 28.7 Å². The largest absolute Gasteiger partial charge is 0.494 e. The highest BCUT2D eigenvalue weighted by Crippen LogP contribution is 2.54. The van der Waals surface area contributed by atoms with Gasteiger partial charge in [0.15, 0.2) is 5.82 Å². The molecule has 13 nitrogen and oxygen atoms in total. The minimum atomic E-state index is -0.531. The first kappa shape index (κ1) is 30.9. The van der Waals surface area contributed by atoms with Crippen molar-refractivity contribution in [2.45, 2.75) is 51.6 Å². The molecule has 1 saturated carbocycles. The SMILES string of the molecule is COc1cc(N(C)CCN(C)C)c([N+](=O)[O-])cc1Nc1ncc(C(=O)OC(C)C)c(N2CC3(CCC3)c3nc(C)ccc32)n1. The molecule has 2 aliphatic rings. The molecule has 1 aliphatic heterocycles. The molecular formula is C31H40N8O5. The number of rotatable bonds is 11. The van der Waals surface area contributed by atoms with Crippen molar-refractivity contribution in [3.8, 4) is 5.75 Å². The van der Waals surface area contributed by atoms with E-state index in [1.807, 2.05) is 54.9 Å². The number of esters is 1. The molecule has 0 atom stereocenters. The number of anilines is 5. The van der Waals surface area contributed by atoms with Crippen LogP contribution in [0.1, 0.15) is 54.9 Å². The highest BCUT2D eigenvalue weighted by molar-refractivity contribution is 5.96. The number of nitro benzene ring substituents is 1. The first-order chi connectivity index (χ1) is 20.9. The molecular weight excluding hydrogens is 564 g/mol. The van der Waals surface area contributed by atoms with Crippen molar-refractivity contribution in [1.29, 1.82) is 0 Å². The van der Waals surface area contributed by atoms with E-state index in [0.29, 0.717) is 42.6 Å². The van der Waals surface area contributed by atoms with Gasteiger partial charge in [0.05, 0.1) is 35.2 Å². The van der Waals surface area contributed by atoms with E-state index in [1.165, 1.54) is 19.4 Å². The van der Waals surface area contributed by atoms with Gasteiger partial charge in [-0.25, -0.2) is 9.78 Å². The Kier molecular flexibility index (Phi) is 8.60. The Labute approximate surface area is 257 Å². The maximum Gasteiger partial charge on any atom is 0.343 e. The number of fused-ring (bicyclic) bond motifs is 2. The Morgan fingerprint density at radius 2 is 1.93 bits per heavy atom. The van der Waals surface area contributed by atoms with Gasteiger partial charge in [-0.05, 0) is 59.8 Å². The topological polar surface area (TPSA) is 139 Å². The van der Waals surface area contributed by atoms with Crippen molar-refractivity contribution in [1.82, 2.24) is 19.9 Å². The van der Waals surface area contributed by atoms with E-state index in [2.05, 4.69) is 10.3 Å². The molecule has 44 heavy (non-hydrogen) atoms. The number of carbonyl (C=O) groups is 1. The standard InChI is InChI=1S/C31H40N8O5/c1-19(2)44-29(40)21-17-32-30(35-28(21)38-18-31(11-8-12-31)27-23(38)10-9-20(3)33-27)34-22-15-25(39(41)42)24(16-26(22)43-7)37(6)14-13-36(4)5/h9-10,15-17,19H,8,11-14,18H2,1-7H3,(H,32,34,35). The number of hydrogen-bond acceptors (Lipinski definition) is 12. The lowest BCUT2D eigenvalue weighted by Crippen LogP contribution is -2.39. The van der Waals surface area contributed by atoms with E-state index in [1.54, 1.807) is 19.9 Å². The lowest BCUT2D eigenvalue weighted by Gasteiger charge is -2.38. The zero-order chi connectivity index (χ0) is 31.8. The van der Waals surface area contributed by atoms with Gasteiger partial charge >= 0.3 is 5.97 Å². The molecule has 0 radical (unpaired) electrons. The summed E-state index contributed by atoms with van der Waals surface area (Å²) in [6.07, 6.45) is 4.23. The highest BCUT2D eigenvalue weighted by atomic mass is 16.6. The zero-order valence-corrected chi connectivity index (χ0v) is 26.4. The summed E-state index contributed by atoms with van der Waals surface area (Å²) < 4.78 is 11.2. The summed E-state index contributed by atoms with van der Waals surface area (Å²) in [5.74, 6) is 0.391. The van der Waals surface area contributed by atoms with Crippen LogP contribution in [-0.4, -0.2) is 84.7 Å². The van der Waals surface area contributed by atoms with Crippen LogP contribution in [0.3, 0.4) is 0 Å². The minimum Gasteiger partial charge on any atom is -0.494 e. The van der Waals surface area contributed by atoms with Crippen LogP contribution in [0, 0.1) is 17.0 Å². The normalized spacial score (nSPS) is 14.9. The van der Waals surface area contributed by atoms with E-state index >= 15 is 0 Å². The average Bonchev–Trinajstić information content (AvgIpc) is 3.30. The van der Waals surface area contributed by atoms with Crippen LogP contribution in [0.5, 0.6) is 5.75 Å². The molecule has 0 bridgehead atoms. The summed E-state index contributed by atoms with van der Waals surface area (Å²) in [5.41, 5.74) is 3.64. The molecule has 1 aromatic carbocycles. The maximum absolute atomic E-state index is 13.3. The molecule has 0 unspecified atom stereocenters. The molecule has 0 amide bonds. The van der Waals surface area contributed by atoms with Crippen LogP contribution < -0.4 is 19.9 Å². The van der Waals surface area contributed by atoms with Gasteiger partial charge in [-0.2, -0.15) is 4.98 Å². The predicted octanol–water partition coefficient (Wildman–Crippen LogP) is 4.98. The van der Waals surface area contributed by atoms with Crippen LogP contribution in [0.15, 0.2) is 30.5 Å². The van der Waals surface area contributed by atoms with Gasteiger partial charge in [0.1, 0.15) is 17.0 Å². The average molecular weight is 605 g/mol. The summed E-state index contributed by atoms with van der Waals surface area (Å²) in [5, 5.41) is 15.3. The molecule has 1 fully saturated rings. The summed E-state index contributed by atoms with van der Waals surface area (Å²) >= 11 is 0. The van der Waals surface area contributed by atoms with Gasteiger partial charge < -0.3 is 29.5 Å². The van der Waals surface area contributed by atoms with Gasteiger partial charge in [-0.3, -0.25) is 15.1 Å². The Bertz CT molecular complexity index is 1570. The smallest absolute Gasteiger partial charge is 0.343 e. The molecule has 3 heterocycles. The van der Waals surface area contributed by atoms with Gasteiger partial charge in [-0.15, -0.1) is 0 Å². The van der Waals surface area contributed by atoms with Gasteiger partial charge in [0.2, 0.25) is 5.95 Å². The molecule has 1 aliphatic carbocycles. The number of nitrogens with one attached hydrogen (secondary N) is 1. The van der Waals surface area contributed by atoms with Crippen LogP contribution in [0.4, 0.5) is 34.5 Å². The zero-order valence-electron chi connectivity index (χ0n) is 26.4. The molecule has 3 aromatic rings. The second kappa shape index (κ2) is 12.2. The quantitative estimate of drug-likeness (QED) is 0.179. The summed E-state index contributed by atoms with van der Waals surface area (Å²) in [7, 11) is 7.20. The first-order valence-electron chi connectivity index (χ1n) is 14.8. The third kappa shape index (κ3) is 5.96. The molecule has 5 rings (SSSR count). The summed E-state index contributed by atoms with van der Waals surface area (Å²) in [4.78, 5) is 45.0. The van der Waals surface area contributed by atoms with Crippen LogP contribution in [0.25, 0.3) is 0 Å². The number of hydrogen-bond donors (Lipinski definition) is 1. The molecule has 234 valence electrons. The number of aryl methyl sites for hydroxylation is 1. The number of nitrogens with zero attached hydrogens (tertiary/aromatic N) is 7. The van der Waals surface area contributed by atoms with Crippen molar-refractivity contribution in [2.75, 3.05) is 63.0 Å². The molecule has 1 spiro atoms. The van der Waals surface area contributed by atoms with E-state index in [0.717, 1.165) is 36.3 Å². The third-order valence-electron chi connectivity index (χ3n) is 8.20. The highest BCUT2D eigenvalue weighted by Gasteiger charge is 2.49. The van der Waals surface area contributed by atoms with E-state index < -0.39 is 10.9 Å². The number of ether oxygens (including phenoxy) is 2. The number of pyridine rings is 1. The molecule has 2 aromatic heterocycles. The first-order valence-corrected chi connectivity index (χ1v) is 14.8. The van der Waals surface area contributed by atoms with Crippen LogP contribution >= 0.6 is 0 Å². The van der Waals surface area contributed by atoms with Crippen molar-refractivity contribution in [3.63, 3.8) is 0 Å². The Balaban J connectivity index is 1.56. The Morgan fingerprint density at radius 3 is 2.55 bits per heavy atom. The molecule has 0 saturated heterocycles. The monoisotopic (exact) mass is 604 g/mol. The third-order valence-corrected chi connectivity index (χ3v) is 8.20. The molecule has 1 N–H and O–H groups in total. The number of likely N-dealkylation sites (N-methyl/N-ethyl adjacent to an activating group) is 2. The number of nitro groups is 1. The van der Waals surface area contributed by atoms with Gasteiger partial charge in [-0.1, -0.05) is 6.42 Å². The fourth-order valence-electron chi connectivity index (χ4n) is 5.74. The van der Waals surface area contributed by atoms with Crippen molar-refractivity contribution in [3.05, 3.63) is 57.5 Å². The van der Waals surface area contributed by atoms with E-state index in [4.69, 9.17) is 19.4 Å². The fraction of sp³-hybridized carbons (Fsp3) is 0.484. The summed E-state index contributed by atoms with van der Waals surface area (Å²) in [6, 6.07) is 7.04. The number of carbonyl (C=O) groups excluding carboxylic acids is 1. The van der Waals surface area contributed by atoms with Crippen molar-refractivity contribution in [2.24, 2.45) is 0 Å². The van der Waals surface area contributed by atoms with Crippen molar-refractivity contribution >= 4 is 40.5 Å².